The number of nitrogens with one attached hydrogen (secondary N) is 2. The van der Waals surface area contributed by atoms with Gasteiger partial charge in [0.05, 0.1) is 0 Å². The van der Waals surface area contributed by atoms with Crippen molar-refractivity contribution < 1.29 is 18.8 Å². The first-order chi connectivity index (χ1) is 16.2. The Morgan fingerprint density at radius 1 is 1.15 bits per heavy atom. The molecule has 2 N–H and O–H groups in total. The number of hydrogen-bond acceptors (Lipinski definition) is 3. The summed E-state index contributed by atoms with van der Waals surface area (Å²) >= 11 is 5.99. The predicted octanol–water partition coefficient (Wildman–Crippen LogP) is 4.39. The molecule has 1 aliphatic heterocycles. The van der Waals surface area contributed by atoms with E-state index in [2.05, 4.69) is 10.6 Å². The second-order valence-corrected chi connectivity index (χ2v) is 9.05. The van der Waals surface area contributed by atoms with Crippen molar-refractivity contribution in [3.63, 3.8) is 0 Å². The molecule has 0 aliphatic carbocycles. The maximum Gasteiger partial charge on any atom is 0.322 e. The summed E-state index contributed by atoms with van der Waals surface area (Å²) in [5.74, 6) is -1.15. The molecule has 3 atom stereocenters. The Morgan fingerprint density at radius 2 is 1.85 bits per heavy atom. The Labute approximate surface area is 204 Å². The molecule has 182 valence electrons. The van der Waals surface area contributed by atoms with Crippen molar-refractivity contribution in [3.8, 4) is 0 Å². The summed E-state index contributed by atoms with van der Waals surface area (Å²) in [5.41, 5.74) is 0.891. The molecule has 2 aromatic carbocycles. The minimum Gasteiger partial charge on any atom is -0.340 e. The number of carbonyl (C=O) groups is 3. The highest BCUT2D eigenvalue weighted by Gasteiger charge is 2.35. The van der Waals surface area contributed by atoms with Gasteiger partial charge in [-0.25, -0.2) is 9.18 Å². The number of anilines is 1. The fourth-order valence-corrected chi connectivity index (χ4v) is 4.12. The number of amides is 4. The van der Waals surface area contributed by atoms with Crippen molar-refractivity contribution in [2.24, 2.45) is 5.92 Å². The number of urea groups is 1. The number of nitrogens with zero attached hydrogens (tertiary/aromatic N) is 2. The molecule has 7 nitrogen and oxygen atoms in total. The summed E-state index contributed by atoms with van der Waals surface area (Å²) in [7, 11) is 0. The number of benzene rings is 2. The van der Waals surface area contributed by atoms with Gasteiger partial charge in [0.2, 0.25) is 5.91 Å². The second-order valence-electron chi connectivity index (χ2n) is 8.61. The number of hydrogen-bond donors (Lipinski definition) is 2. The van der Waals surface area contributed by atoms with Crippen molar-refractivity contribution in [2.75, 3.05) is 25.0 Å². The van der Waals surface area contributed by atoms with Crippen LogP contribution in [-0.2, 0) is 4.79 Å². The molecule has 0 radical (unpaired) electrons. The maximum absolute atomic E-state index is 13.4. The summed E-state index contributed by atoms with van der Waals surface area (Å²) < 4.78 is 13.2. The summed E-state index contributed by atoms with van der Waals surface area (Å²) in [6, 6.07) is 10.9. The molecule has 3 rings (SSSR count). The van der Waals surface area contributed by atoms with E-state index in [9.17, 15) is 18.8 Å². The van der Waals surface area contributed by atoms with Gasteiger partial charge < -0.3 is 20.4 Å². The number of carbonyl (C=O) groups excluding carboxylic acids is 3. The zero-order valence-corrected chi connectivity index (χ0v) is 20.3. The molecule has 34 heavy (non-hydrogen) atoms. The molecule has 3 unspecified atom stereocenters. The highest BCUT2D eigenvalue weighted by atomic mass is 35.5. The van der Waals surface area contributed by atoms with Crippen LogP contribution in [0.1, 0.15) is 37.6 Å². The van der Waals surface area contributed by atoms with Crippen molar-refractivity contribution in [1.29, 1.82) is 0 Å². The molecule has 0 bridgehead atoms. The molecule has 1 heterocycles. The van der Waals surface area contributed by atoms with Crippen LogP contribution in [0, 0.1) is 11.7 Å². The van der Waals surface area contributed by atoms with Crippen molar-refractivity contribution in [2.45, 2.75) is 39.3 Å². The minimum absolute atomic E-state index is 0.101. The summed E-state index contributed by atoms with van der Waals surface area (Å²) in [5, 5.41) is 6.20. The quantitative estimate of drug-likeness (QED) is 0.632. The third-order valence-corrected chi connectivity index (χ3v) is 6.38. The summed E-state index contributed by atoms with van der Waals surface area (Å²) in [6.07, 6.45) is 0.692. The first kappa shape index (κ1) is 25.5. The van der Waals surface area contributed by atoms with Crippen LogP contribution in [0.3, 0.4) is 0 Å². The van der Waals surface area contributed by atoms with Gasteiger partial charge in [0.25, 0.3) is 5.91 Å². The van der Waals surface area contributed by atoms with Gasteiger partial charge in [-0.3, -0.25) is 9.59 Å². The molecule has 1 fully saturated rings. The average molecular weight is 489 g/mol. The fourth-order valence-electron chi connectivity index (χ4n) is 3.93. The van der Waals surface area contributed by atoms with E-state index in [1.165, 1.54) is 24.3 Å². The zero-order valence-electron chi connectivity index (χ0n) is 19.6. The SMILES string of the molecule is CCC(C)C(NC(=O)c1ccc(F)cc1)C(=O)N1CCN(C(=O)Nc2cccc(Cl)c2)C(C)C1. The van der Waals surface area contributed by atoms with E-state index < -0.39 is 17.8 Å². The third-order valence-electron chi connectivity index (χ3n) is 6.15. The molecule has 9 heteroatoms. The Morgan fingerprint density at radius 3 is 2.47 bits per heavy atom. The number of piperazine rings is 1. The second kappa shape index (κ2) is 11.3. The molecule has 0 saturated carbocycles. The molecule has 1 aliphatic rings. The van der Waals surface area contributed by atoms with Gasteiger partial charge in [0.15, 0.2) is 0 Å². The van der Waals surface area contributed by atoms with E-state index in [4.69, 9.17) is 11.6 Å². The van der Waals surface area contributed by atoms with Gasteiger partial charge in [0.1, 0.15) is 11.9 Å². The van der Waals surface area contributed by atoms with E-state index in [0.717, 1.165) is 0 Å². The first-order valence-corrected chi connectivity index (χ1v) is 11.8. The molecule has 0 spiro atoms. The van der Waals surface area contributed by atoms with Gasteiger partial charge in [-0.1, -0.05) is 37.9 Å². The van der Waals surface area contributed by atoms with Gasteiger partial charge in [0, 0.05) is 41.9 Å². The van der Waals surface area contributed by atoms with Crippen LogP contribution < -0.4 is 10.6 Å². The van der Waals surface area contributed by atoms with E-state index in [-0.39, 0.29) is 23.9 Å². The van der Waals surface area contributed by atoms with E-state index >= 15 is 0 Å². The van der Waals surface area contributed by atoms with Crippen molar-refractivity contribution in [1.82, 2.24) is 15.1 Å². The predicted molar refractivity (Wildman–Crippen MR) is 130 cm³/mol. The molecule has 2 aromatic rings. The van der Waals surface area contributed by atoms with Crippen LogP contribution in [0.15, 0.2) is 48.5 Å². The smallest absolute Gasteiger partial charge is 0.322 e. The monoisotopic (exact) mass is 488 g/mol. The molecule has 4 amide bonds. The number of rotatable bonds is 6. The van der Waals surface area contributed by atoms with Crippen LogP contribution in [0.5, 0.6) is 0 Å². The molecule has 1 saturated heterocycles. The molecule has 0 aromatic heterocycles. The highest BCUT2D eigenvalue weighted by Crippen LogP contribution is 2.19. The summed E-state index contributed by atoms with van der Waals surface area (Å²) in [6.45, 7) is 6.80. The van der Waals surface area contributed by atoms with Crippen molar-refractivity contribution >= 4 is 35.1 Å². The van der Waals surface area contributed by atoms with Crippen LogP contribution >= 0.6 is 11.6 Å². The van der Waals surface area contributed by atoms with Crippen LogP contribution in [0.2, 0.25) is 5.02 Å². The normalized spacial score (nSPS) is 17.6. The first-order valence-electron chi connectivity index (χ1n) is 11.4. The van der Waals surface area contributed by atoms with Gasteiger partial charge in [-0.15, -0.1) is 0 Å². The lowest BCUT2D eigenvalue weighted by Crippen LogP contribution is -2.60. The largest absolute Gasteiger partial charge is 0.340 e. The van der Waals surface area contributed by atoms with Crippen LogP contribution in [0.25, 0.3) is 0 Å². The van der Waals surface area contributed by atoms with Crippen LogP contribution in [-0.4, -0.2) is 59.4 Å². The maximum atomic E-state index is 13.4. The Balaban J connectivity index is 1.64. The topological polar surface area (TPSA) is 81.8 Å². The Kier molecular flexibility index (Phi) is 8.50. The lowest BCUT2D eigenvalue weighted by molar-refractivity contribution is -0.136. The van der Waals surface area contributed by atoms with Crippen LogP contribution in [0.4, 0.5) is 14.9 Å². The minimum atomic E-state index is -0.721. The van der Waals surface area contributed by atoms with Crippen molar-refractivity contribution in [3.05, 3.63) is 64.9 Å². The lowest BCUT2D eigenvalue weighted by Gasteiger charge is -2.41. The standard InChI is InChI=1S/C25H30ClFN4O3/c1-4-16(2)22(29-23(32)18-8-10-20(27)11-9-18)24(33)30-12-13-31(17(3)15-30)25(34)28-21-7-5-6-19(26)14-21/h5-11,14,16-17,22H,4,12-13,15H2,1-3H3,(H,28,34)(H,29,32). The third kappa shape index (κ3) is 6.26. The fraction of sp³-hybridized carbons (Fsp3) is 0.400. The zero-order chi connectivity index (χ0) is 24.8. The highest BCUT2D eigenvalue weighted by molar-refractivity contribution is 6.30. The van der Waals surface area contributed by atoms with Gasteiger partial charge >= 0.3 is 6.03 Å². The lowest BCUT2D eigenvalue weighted by atomic mass is 9.96. The van der Waals surface area contributed by atoms with E-state index in [0.29, 0.717) is 42.3 Å². The molecular formula is C25H30ClFN4O3. The average Bonchev–Trinajstić information content (AvgIpc) is 2.81. The Bertz CT molecular complexity index is 1030. The summed E-state index contributed by atoms with van der Waals surface area (Å²) in [4.78, 5) is 42.2. The van der Waals surface area contributed by atoms with E-state index in [1.54, 1.807) is 34.1 Å². The van der Waals surface area contributed by atoms with Gasteiger partial charge in [-0.2, -0.15) is 0 Å². The molecular weight excluding hydrogens is 459 g/mol. The number of halogens is 2. The van der Waals surface area contributed by atoms with Gasteiger partial charge in [-0.05, 0) is 55.3 Å². The van der Waals surface area contributed by atoms with E-state index in [1.807, 2.05) is 20.8 Å². The Hall–Kier alpha value is -3.13.